The lowest BCUT2D eigenvalue weighted by atomic mass is 10.0. The van der Waals surface area contributed by atoms with Gasteiger partial charge in [-0.3, -0.25) is 10.1 Å². The van der Waals surface area contributed by atoms with Gasteiger partial charge in [0.25, 0.3) is 5.69 Å². The summed E-state index contributed by atoms with van der Waals surface area (Å²) in [5, 5.41) is 10.6. The van der Waals surface area contributed by atoms with Crippen molar-refractivity contribution in [3.63, 3.8) is 0 Å². The molecule has 108 valence electrons. The molecule has 0 bridgehead atoms. The van der Waals surface area contributed by atoms with Gasteiger partial charge in [-0.1, -0.05) is 13.8 Å². The second-order valence-corrected chi connectivity index (χ2v) is 4.93. The number of nitrogens with zero attached hydrogens (tertiary/aromatic N) is 1. The van der Waals surface area contributed by atoms with Gasteiger partial charge in [-0.15, -0.1) is 0 Å². The maximum Gasteiger partial charge on any atom is 0.338 e. The van der Waals surface area contributed by atoms with Crippen LogP contribution in [0.3, 0.4) is 0 Å². The highest BCUT2D eigenvalue weighted by Crippen LogP contribution is 2.26. The molecule has 1 aromatic rings. The molecule has 0 radical (unpaired) electrons. The zero-order chi connectivity index (χ0) is 14.7. The van der Waals surface area contributed by atoms with Crippen LogP contribution in [0.2, 0.25) is 0 Å². The van der Waals surface area contributed by atoms with E-state index in [0.29, 0.717) is 12.2 Å². The number of hydrogen-bond acceptors (Lipinski definition) is 5. The van der Waals surface area contributed by atoms with E-state index in [1.165, 1.54) is 24.3 Å². The van der Waals surface area contributed by atoms with Gasteiger partial charge >= 0.3 is 5.97 Å². The van der Waals surface area contributed by atoms with Crippen LogP contribution in [0.4, 0.5) is 5.69 Å². The molecule has 3 atom stereocenters. The summed E-state index contributed by atoms with van der Waals surface area (Å²) in [6, 6.07) is 5.40. The van der Waals surface area contributed by atoms with Crippen LogP contribution in [0.15, 0.2) is 24.3 Å². The van der Waals surface area contributed by atoms with Gasteiger partial charge in [-0.2, -0.15) is 0 Å². The molecule has 6 nitrogen and oxygen atoms in total. The van der Waals surface area contributed by atoms with Gasteiger partial charge in [0, 0.05) is 18.1 Å². The molecule has 0 unspecified atom stereocenters. The Hall–Kier alpha value is -1.95. The molecule has 0 spiro atoms. The summed E-state index contributed by atoms with van der Waals surface area (Å²) in [5.41, 5.74) is 0.259. The molecule has 0 aromatic heterocycles. The van der Waals surface area contributed by atoms with Crippen molar-refractivity contribution in [1.82, 2.24) is 0 Å². The zero-order valence-corrected chi connectivity index (χ0v) is 11.4. The average molecular weight is 279 g/mol. The van der Waals surface area contributed by atoms with Crippen LogP contribution < -0.4 is 0 Å². The van der Waals surface area contributed by atoms with Gasteiger partial charge in [-0.05, 0) is 18.6 Å². The molecule has 1 heterocycles. The van der Waals surface area contributed by atoms with E-state index in [1.54, 1.807) is 0 Å². The molecule has 1 saturated heterocycles. The average Bonchev–Trinajstić information content (AvgIpc) is 2.79. The van der Waals surface area contributed by atoms with Crippen LogP contribution in [0.25, 0.3) is 0 Å². The SMILES string of the molecule is CC[C@H]1OC[C@@H](C)[C@@H]1OC(=O)c1ccc([N+](=O)[O-])cc1. The number of ether oxygens (including phenoxy) is 2. The zero-order valence-electron chi connectivity index (χ0n) is 11.4. The predicted molar refractivity (Wildman–Crippen MR) is 71.5 cm³/mol. The quantitative estimate of drug-likeness (QED) is 0.481. The first-order valence-corrected chi connectivity index (χ1v) is 6.60. The van der Waals surface area contributed by atoms with E-state index in [4.69, 9.17) is 9.47 Å². The summed E-state index contributed by atoms with van der Waals surface area (Å²) >= 11 is 0. The highest BCUT2D eigenvalue weighted by molar-refractivity contribution is 5.89. The van der Waals surface area contributed by atoms with E-state index in [9.17, 15) is 14.9 Å². The fraction of sp³-hybridized carbons (Fsp3) is 0.500. The highest BCUT2D eigenvalue weighted by atomic mass is 16.6. The molecule has 1 aromatic carbocycles. The Balaban J connectivity index is 2.06. The Morgan fingerprint density at radius 3 is 2.65 bits per heavy atom. The number of nitro groups is 1. The highest BCUT2D eigenvalue weighted by Gasteiger charge is 2.36. The molecule has 1 aliphatic heterocycles. The van der Waals surface area contributed by atoms with E-state index in [1.807, 2.05) is 13.8 Å². The van der Waals surface area contributed by atoms with Crippen LogP contribution in [0.5, 0.6) is 0 Å². The minimum absolute atomic E-state index is 0.0504. The van der Waals surface area contributed by atoms with Gasteiger partial charge in [0.15, 0.2) is 0 Å². The first-order valence-electron chi connectivity index (χ1n) is 6.60. The van der Waals surface area contributed by atoms with Gasteiger partial charge in [0.05, 0.1) is 23.2 Å². The summed E-state index contributed by atoms with van der Waals surface area (Å²) in [7, 11) is 0. The molecular weight excluding hydrogens is 262 g/mol. The molecule has 0 aliphatic carbocycles. The molecular formula is C14H17NO5. The van der Waals surface area contributed by atoms with Crippen molar-refractivity contribution in [3.05, 3.63) is 39.9 Å². The number of rotatable bonds is 4. The second-order valence-electron chi connectivity index (χ2n) is 4.93. The van der Waals surface area contributed by atoms with E-state index in [2.05, 4.69) is 0 Å². The predicted octanol–water partition coefficient (Wildman–Crippen LogP) is 2.57. The molecule has 2 rings (SSSR count). The number of carbonyl (C=O) groups is 1. The summed E-state index contributed by atoms with van der Waals surface area (Å²) in [4.78, 5) is 22.1. The number of esters is 1. The van der Waals surface area contributed by atoms with Crippen molar-refractivity contribution in [2.24, 2.45) is 5.92 Å². The van der Waals surface area contributed by atoms with E-state index < -0.39 is 10.9 Å². The monoisotopic (exact) mass is 279 g/mol. The molecule has 0 amide bonds. The lowest BCUT2D eigenvalue weighted by molar-refractivity contribution is -0.384. The molecule has 1 fully saturated rings. The second kappa shape index (κ2) is 6.00. The van der Waals surface area contributed by atoms with Crippen molar-refractivity contribution in [3.8, 4) is 0 Å². The molecule has 0 saturated carbocycles. The van der Waals surface area contributed by atoms with Crippen molar-refractivity contribution >= 4 is 11.7 Å². The maximum atomic E-state index is 12.0. The molecule has 0 N–H and O–H groups in total. The third kappa shape index (κ3) is 2.96. The van der Waals surface area contributed by atoms with Crippen molar-refractivity contribution in [2.45, 2.75) is 32.5 Å². The third-order valence-corrected chi connectivity index (χ3v) is 3.46. The molecule has 20 heavy (non-hydrogen) atoms. The van der Waals surface area contributed by atoms with E-state index in [-0.39, 0.29) is 23.8 Å². The minimum atomic E-state index is -0.505. The minimum Gasteiger partial charge on any atom is -0.456 e. The van der Waals surface area contributed by atoms with Gasteiger partial charge in [0.1, 0.15) is 6.10 Å². The number of carbonyl (C=O) groups excluding carboxylic acids is 1. The van der Waals surface area contributed by atoms with Crippen molar-refractivity contribution in [1.29, 1.82) is 0 Å². The first kappa shape index (κ1) is 14.5. The normalized spacial score (nSPS) is 25.4. The standard InChI is InChI=1S/C14H17NO5/c1-3-12-13(9(2)8-19-12)20-14(16)10-4-6-11(7-5-10)15(17)18/h4-7,9,12-13H,3,8H2,1-2H3/t9-,12-,13+/m1/s1. The Morgan fingerprint density at radius 2 is 2.10 bits per heavy atom. The largest absolute Gasteiger partial charge is 0.456 e. The third-order valence-electron chi connectivity index (χ3n) is 3.46. The topological polar surface area (TPSA) is 78.7 Å². The Kier molecular flexibility index (Phi) is 4.34. The van der Waals surface area contributed by atoms with Crippen LogP contribution >= 0.6 is 0 Å². The van der Waals surface area contributed by atoms with Gasteiger partial charge in [0.2, 0.25) is 0 Å². The van der Waals surface area contributed by atoms with E-state index >= 15 is 0 Å². The summed E-state index contributed by atoms with van der Waals surface area (Å²) in [6.07, 6.45) is 0.442. The molecule has 6 heteroatoms. The number of hydrogen-bond donors (Lipinski definition) is 0. The number of benzene rings is 1. The van der Waals surface area contributed by atoms with Crippen LogP contribution in [-0.2, 0) is 9.47 Å². The summed E-state index contributed by atoms with van der Waals surface area (Å²) < 4.78 is 11.0. The van der Waals surface area contributed by atoms with Crippen LogP contribution in [-0.4, -0.2) is 29.7 Å². The first-order chi connectivity index (χ1) is 9.52. The van der Waals surface area contributed by atoms with E-state index in [0.717, 1.165) is 6.42 Å². The van der Waals surface area contributed by atoms with Crippen molar-refractivity contribution < 1.29 is 19.2 Å². The van der Waals surface area contributed by atoms with Crippen molar-refractivity contribution in [2.75, 3.05) is 6.61 Å². The Morgan fingerprint density at radius 1 is 1.45 bits per heavy atom. The maximum absolute atomic E-state index is 12.0. The van der Waals surface area contributed by atoms with Crippen LogP contribution in [0.1, 0.15) is 30.6 Å². The lowest BCUT2D eigenvalue weighted by Crippen LogP contribution is -2.30. The Labute approximate surface area is 116 Å². The summed E-state index contributed by atoms with van der Waals surface area (Å²) in [5.74, 6) is -0.317. The number of non-ortho nitro benzene ring substituents is 1. The fourth-order valence-electron chi connectivity index (χ4n) is 2.28. The fourth-order valence-corrected chi connectivity index (χ4v) is 2.28. The van der Waals surface area contributed by atoms with Gasteiger partial charge in [-0.25, -0.2) is 4.79 Å². The summed E-state index contributed by atoms with van der Waals surface area (Å²) in [6.45, 7) is 4.54. The lowest BCUT2D eigenvalue weighted by Gasteiger charge is -2.20. The van der Waals surface area contributed by atoms with Crippen LogP contribution in [0, 0.1) is 16.0 Å². The number of nitro benzene ring substituents is 1. The van der Waals surface area contributed by atoms with Gasteiger partial charge < -0.3 is 9.47 Å². The Bertz CT molecular complexity index is 499. The smallest absolute Gasteiger partial charge is 0.338 e. The molecule has 1 aliphatic rings.